The molecular weight excluding hydrogens is 356 g/mol. The first-order valence-electron chi connectivity index (χ1n) is 8.92. The Bertz CT molecular complexity index is 812. The number of anilines is 2. The molecule has 0 aliphatic heterocycles. The summed E-state index contributed by atoms with van der Waals surface area (Å²) in [5.74, 6) is 0.835. The van der Waals surface area contributed by atoms with Crippen LogP contribution in [0.3, 0.4) is 0 Å². The highest BCUT2D eigenvalue weighted by Gasteiger charge is 2.16. The molecule has 0 bridgehead atoms. The number of hydrogen-bond acceptors (Lipinski definition) is 3. The van der Waals surface area contributed by atoms with Gasteiger partial charge in [0.1, 0.15) is 12.4 Å². The largest absolute Gasteiger partial charge is 0.492 e. The molecule has 2 N–H and O–H groups in total. The topological polar surface area (TPSA) is 40.9 Å². The van der Waals surface area contributed by atoms with Gasteiger partial charge in [-0.25, -0.2) is 4.85 Å². The van der Waals surface area contributed by atoms with Crippen molar-refractivity contribution in [2.75, 3.05) is 30.4 Å². The third-order valence-corrected chi connectivity index (χ3v) is 4.34. The Balaban J connectivity index is 2.13. The van der Waals surface area contributed by atoms with Crippen LogP contribution in [0.25, 0.3) is 4.85 Å². The van der Waals surface area contributed by atoms with E-state index in [9.17, 15) is 0 Å². The Morgan fingerprint density at radius 2 is 1.93 bits per heavy atom. The fraction of sp³-hybridized carbons (Fsp3) is 0.333. The maximum Gasteiger partial charge on any atom is 0.190 e. The van der Waals surface area contributed by atoms with E-state index in [4.69, 9.17) is 23.5 Å². The Kier molecular flexibility index (Phi) is 7.59. The molecule has 0 amide bonds. The van der Waals surface area contributed by atoms with E-state index < -0.39 is 0 Å². The summed E-state index contributed by atoms with van der Waals surface area (Å²) in [7, 11) is 1.90. The van der Waals surface area contributed by atoms with Crippen LogP contribution in [-0.2, 0) is 0 Å². The van der Waals surface area contributed by atoms with Gasteiger partial charge in [0.25, 0.3) is 0 Å². The summed E-state index contributed by atoms with van der Waals surface area (Å²) in [5, 5.41) is 6.96. The molecule has 0 heterocycles. The molecule has 27 heavy (non-hydrogen) atoms. The Morgan fingerprint density at radius 3 is 2.48 bits per heavy atom. The van der Waals surface area contributed by atoms with Crippen LogP contribution in [0.4, 0.5) is 17.1 Å². The highest BCUT2D eigenvalue weighted by molar-refractivity contribution is 7.80. The van der Waals surface area contributed by atoms with Gasteiger partial charge in [-0.2, -0.15) is 0 Å². The average molecular weight is 383 g/mol. The Labute approximate surface area is 167 Å². The average Bonchev–Trinajstić information content (AvgIpc) is 2.63. The zero-order valence-electron chi connectivity index (χ0n) is 16.2. The lowest BCUT2D eigenvalue weighted by atomic mass is 10.2. The van der Waals surface area contributed by atoms with Crippen LogP contribution in [0, 0.1) is 13.5 Å². The predicted molar refractivity (Wildman–Crippen MR) is 117 cm³/mol. The number of nitrogens with zero attached hydrogens (tertiary/aromatic N) is 2. The van der Waals surface area contributed by atoms with E-state index in [1.54, 1.807) is 0 Å². The molecular formula is C21H26N4OS. The third kappa shape index (κ3) is 5.68. The maximum absolute atomic E-state index is 7.16. The molecule has 0 atom stereocenters. The number of rotatable bonds is 7. The fourth-order valence-corrected chi connectivity index (χ4v) is 3.10. The predicted octanol–water partition coefficient (Wildman–Crippen LogP) is 4.76. The molecule has 2 aromatic rings. The lowest BCUT2D eigenvalue weighted by molar-refractivity contribution is 0.318. The minimum absolute atomic E-state index is 0.185. The van der Waals surface area contributed by atoms with Crippen LogP contribution < -0.4 is 20.3 Å². The first-order valence-corrected chi connectivity index (χ1v) is 9.33. The standard InChI is InChI=1S/C21H26N4OS/c1-15(2)25(18-7-9-19(10-8-18)26-13-12-22-4)21(27)24-17-6-11-20(23-5)16(3)14-17/h6-11,14-15,22H,12-13H2,1-4H3,(H,24,27). The molecule has 6 heteroatoms. The Morgan fingerprint density at radius 1 is 1.22 bits per heavy atom. The van der Waals surface area contributed by atoms with Crippen LogP contribution in [0.2, 0.25) is 0 Å². The summed E-state index contributed by atoms with van der Waals surface area (Å²) in [6.45, 7) is 14.7. The third-order valence-electron chi connectivity index (χ3n) is 4.04. The van der Waals surface area contributed by atoms with Gasteiger partial charge >= 0.3 is 0 Å². The van der Waals surface area contributed by atoms with E-state index in [0.29, 0.717) is 17.4 Å². The van der Waals surface area contributed by atoms with Crippen LogP contribution >= 0.6 is 12.2 Å². The van der Waals surface area contributed by atoms with Gasteiger partial charge in [-0.1, -0.05) is 6.07 Å². The van der Waals surface area contributed by atoms with E-state index in [2.05, 4.69) is 34.2 Å². The molecule has 0 saturated carbocycles. The number of thiocarbonyl (C=S) groups is 1. The fourth-order valence-electron chi connectivity index (χ4n) is 2.67. The monoisotopic (exact) mass is 382 g/mol. The van der Waals surface area contributed by atoms with Crippen molar-refractivity contribution in [3.05, 3.63) is 59.4 Å². The molecule has 2 rings (SSSR count). The quantitative estimate of drug-likeness (QED) is 0.411. The van der Waals surface area contributed by atoms with Crippen LogP contribution in [0.1, 0.15) is 19.4 Å². The number of aryl methyl sites for hydroxylation is 1. The summed E-state index contributed by atoms with van der Waals surface area (Å²) >= 11 is 5.65. The highest BCUT2D eigenvalue weighted by atomic mass is 32.1. The summed E-state index contributed by atoms with van der Waals surface area (Å²) in [6.07, 6.45) is 0. The normalized spacial score (nSPS) is 10.4. The molecule has 0 aromatic heterocycles. The number of hydrogen-bond donors (Lipinski definition) is 2. The molecule has 0 aliphatic rings. The highest BCUT2D eigenvalue weighted by Crippen LogP contribution is 2.25. The van der Waals surface area contributed by atoms with Crippen molar-refractivity contribution in [1.82, 2.24) is 5.32 Å². The first-order chi connectivity index (χ1) is 13.0. The van der Waals surface area contributed by atoms with E-state index in [0.717, 1.165) is 29.2 Å². The van der Waals surface area contributed by atoms with Crippen molar-refractivity contribution in [2.24, 2.45) is 0 Å². The second-order valence-corrected chi connectivity index (χ2v) is 6.84. The van der Waals surface area contributed by atoms with Gasteiger partial charge in [-0.05, 0) is 82.0 Å². The molecule has 0 aliphatic carbocycles. The van der Waals surface area contributed by atoms with Gasteiger partial charge in [0.15, 0.2) is 10.8 Å². The zero-order valence-corrected chi connectivity index (χ0v) is 17.1. The van der Waals surface area contributed by atoms with Gasteiger partial charge < -0.3 is 20.3 Å². The molecule has 142 valence electrons. The molecule has 0 saturated heterocycles. The smallest absolute Gasteiger partial charge is 0.190 e. The maximum atomic E-state index is 7.16. The van der Waals surface area contributed by atoms with Crippen molar-refractivity contribution < 1.29 is 4.74 Å². The Hall–Kier alpha value is -2.62. The van der Waals surface area contributed by atoms with Crippen molar-refractivity contribution in [3.8, 4) is 5.75 Å². The number of nitrogens with one attached hydrogen (secondary N) is 2. The van der Waals surface area contributed by atoms with E-state index in [-0.39, 0.29) is 6.04 Å². The SMILES string of the molecule is [C-]#[N+]c1ccc(NC(=S)N(c2ccc(OCCNC)cc2)C(C)C)cc1C. The number of likely N-dealkylation sites (N-methyl/N-ethyl adjacent to an activating group) is 1. The first kappa shape index (κ1) is 20.7. The zero-order chi connectivity index (χ0) is 19.8. The van der Waals surface area contributed by atoms with Crippen molar-refractivity contribution in [3.63, 3.8) is 0 Å². The molecule has 0 radical (unpaired) electrons. The van der Waals surface area contributed by atoms with E-state index >= 15 is 0 Å². The number of benzene rings is 2. The van der Waals surface area contributed by atoms with Crippen molar-refractivity contribution in [1.29, 1.82) is 0 Å². The van der Waals surface area contributed by atoms with E-state index in [1.807, 2.05) is 56.4 Å². The van der Waals surface area contributed by atoms with Gasteiger partial charge in [-0.3, -0.25) is 0 Å². The van der Waals surface area contributed by atoms with Crippen LogP contribution in [-0.4, -0.2) is 31.4 Å². The summed E-state index contributed by atoms with van der Waals surface area (Å²) in [5.41, 5.74) is 3.46. The molecule has 0 spiro atoms. The summed E-state index contributed by atoms with van der Waals surface area (Å²) in [4.78, 5) is 5.56. The lowest BCUT2D eigenvalue weighted by Crippen LogP contribution is -2.40. The second kappa shape index (κ2) is 9.91. The molecule has 0 unspecified atom stereocenters. The van der Waals surface area contributed by atoms with E-state index in [1.165, 1.54) is 0 Å². The van der Waals surface area contributed by atoms with Gasteiger partial charge in [0, 0.05) is 24.0 Å². The second-order valence-electron chi connectivity index (χ2n) is 6.45. The van der Waals surface area contributed by atoms with Gasteiger partial charge in [0.05, 0.1) is 6.57 Å². The van der Waals surface area contributed by atoms with Crippen LogP contribution in [0.15, 0.2) is 42.5 Å². The van der Waals surface area contributed by atoms with Gasteiger partial charge in [-0.15, -0.1) is 0 Å². The summed E-state index contributed by atoms with van der Waals surface area (Å²) < 4.78 is 5.68. The van der Waals surface area contributed by atoms with Crippen molar-refractivity contribution >= 4 is 34.4 Å². The van der Waals surface area contributed by atoms with Gasteiger partial charge in [0.2, 0.25) is 0 Å². The molecule has 2 aromatic carbocycles. The van der Waals surface area contributed by atoms with Crippen LogP contribution in [0.5, 0.6) is 5.75 Å². The minimum Gasteiger partial charge on any atom is -0.492 e. The summed E-state index contributed by atoms with van der Waals surface area (Å²) in [6, 6.07) is 13.7. The number of ether oxygens (including phenoxy) is 1. The minimum atomic E-state index is 0.185. The molecule has 0 fully saturated rings. The molecule has 5 nitrogen and oxygen atoms in total. The lowest BCUT2D eigenvalue weighted by Gasteiger charge is -2.30. The van der Waals surface area contributed by atoms with Crippen molar-refractivity contribution in [2.45, 2.75) is 26.8 Å².